The summed E-state index contributed by atoms with van der Waals surface area (Å²) < 4.78 is 10.6. The van der Waals surface area contributed by atoms with E-state index in [-0.39, 0.29) is 11.8 Å². The van der Waals surface area contributed by atoms with Crippen LogP contribution in [-0.4, -0.2) is 38.6 Å². The number of carbonyl (C=O) groups is 2. The van der Waals surface area contributed by atoms with Gasteiger partial charge in [-0.2, -0.15) is 0 Å². The molecule has 0 aliphatic heterocycles. The number of methoxy groups -OCH3 is 2. The molecule has 1 aromatic carbocycles. The fourth-order valence-electron chi connectivity index (χ4n) is 2.18. The van der Waals surface area contributed by atoms with Crippen LogP contribution in [0, 0.1) is 0 Å². The van der Waals surface area contributed by atoms with Gasteiger partial charge in [0.1, 0.15) is 6.04 Å². The van der Waals surface area contributed by atoms with Crippen molar-refractivity contribution in [1.82, 2.24) is 10.6 Å². The predicted molar refractivity (Wildman–Crippen MR) is 94.5 cm³/mol. The van der Waals surface area contributed by atoms with E-state index >= 15 is 0 Å². The van der Waals surface area contributed by atoms with E-state index in [1.54, 1.807) is 26.2 Å². The van der Waals surface area contributed by atoms with Crippen molar-refractivity contribution >= 4 is 17.9 Å². The molecule has 0 saturated carbocycles. The van der Waals surface area contributed by atoms with E-state index in [2.05, 4.69) is 10.6 Å². The minimum Gasteiger partial charge on any atom is -0.493 e. The predicted octanol–water partition coefficient (Wildman–Crippen LogP) is 2.38. The van der Waals surface area contributed by atoms with Crippen LogP contribution in [0.4, 0.5) is 0 Å². The third-order valence-electron chi connectivity index (χ3n) is 3.41. The highest BCUT2D eigenvalue weighted by atomic mass is 16.5. The van der Waals surface area contributed by atoms with Crippen LogP contribution in [-0.2, 0) is 4.79 Å². The molecule has 1 aromatic rings. The highest BCUT2D eigenvalue weighted by Gasteiger charge is 2.19. The smallest absolute Gasteiger partial charge is 0.252 e. The zero-order valence-corrected chi connectivity index (χ0v) is 14.9. The van der Waals surface area contributed by atoms with Crippen LogP contribution in [0.2, 0.25) is 0 Å². The lowest BCUT2D eigenvalue weighted by atomic mass is 10.1. The molecule has 132 valence electrons. The summed E-state index contributed by atoms with van der Waals surface area (Å²) in [7, 11) is 3.06. The van der Waals surface area contributed by atoms with E-state index in [4.69, 9.17) is 9.47 Å². The zero-order valence-electron chi connectivity index (χ0n) is 14.9. The van der Waals surface area contributed by atoms with Crippen molar-refractivity contribution in [3.63, 3.8) is 0 Å². The van der Waals surface area contributed by atoms with Gasteiger partial charge in [0.25, 0.3) is 5.91 Å². The lowest BCUT2D eigenvalue weighted by Gasteiger charge is -2.16. The molecular formula is C18H26N2O4. The maximum Gasteiger partial charge on any atom is 0.252 e. The summed E-state index contributed by atoms with van der Waals surface area (Å²) in [6.07, 6.45) is 4.52. The normalized spacial score (nSPS) is 11.9. The molecule has 0 aliphatic rings. The average Bonchev–Trinajstić information content (AvgIpc) is 2.58. The summed E-state index contributed by atoms with van der Waals surface area (Å²) in [6, 6.07) is 2.67. The van der Waals surface area contributed by atoms with Gasteiger partial charge in [-0.05, 0) is 32.4 Å². The van der Waals surface area contributed by atoms with Gasteiger partial charge in [0.05, 0.1) is 14.2 Å². The number of ether oxygens (including phenoxy) is 2. The van der Waals surface area contributed by atoms with E-state index in [0.717, 1.165) is 12.0 Å². The minimum absolute atomic E-state index is 0.209. The van der Waals surface area contributed by atoms with Crippen LogP contribution in [0.3, 0.4) is 0 Å². The summed E-state index contributed by atoms with van der Waals surface area (Å²) in [5.74, 6) is 0.461. The van der Waals surface area contributed by atoms with E-state index in [0.29, 0.717) is 23.6 Å². The quantitative estimate of drug-likeness (QED) is 0.765. The molecule has 24 heavy (non-hydrogen) atoms. The fourth-order valence-corrected chi connectivity index (χ4v) is 2.18. The maximum absolute atomic E-state index is 12.4. The highest BCUT2D eigenvalue weighted by Crippen LogP contribution is 2.33. The van der Waals surface area contributed by atoms with E-state index in [1.807, 2.05) is 26.0 Å². The van der Waals surface area contributed by atoms with Gasteiger partial charge in [0.2, 0.25) is 5.91 Å². The molecule has 0 aromatic heterocycles. The summed E-state index contributed by atoms with van der Waals surface area (Å²) in [5, 5.41) is 5.44. The SMILES string of the molecule is CC=Cc1cc(C(=O)NC(C)C(=O)NCCC)cc(OC)c1OC. The van der Waals surface area contributed by atoms with Crippen molar-refractivity contribution < 1.29 is 19.1 Å². The zero-order chi connectivity index (χ0) is 18.1. The summed E-state index contributed by atoms with van der Waals surface area (Å²) in [5.41, 5.74) is 1.13. The molecule has 6 heteroatoms. The Bertz CT molecular complexity index is 611. The van der Waals surface area contributed by atoms with Crippen molar-refractivity contribution in [2.24, 2.45) is 0 Å². The minimum atomic E-state index is -0.623. The number of carbonyl (C=O) groups excluding carboxylic acids is 2. The Morgan fingerprint density at radius 1 is 1.25 bits per heavy atom. The van der Waals surface area contributed by atoms with Gasteiger partial charge in [-0.1, -0.05) is 19.1 Å². The Kier molecular flexibility index (Phi) is 7.82. The molecule has 1 atom stereocenters. The standard InChI is InChI=1S/C18H26N2O4/c1-6-8-13-10-14(11-15(23-4)16(13)24-5)18(22)20-12(3)17(21)19-9-7-2/h6,8,10-12H,7,9H2,1-5H3,(H,19,21)(H,20,22). The number of nitrogens with one attached hydrogen (secondary N) is 2. The maximum atomic E-state index is 12.4. The van der Waals surface area contributed by atoms with Crippen LogP contribution in [0.15, 0.2) is 18.2 Å². The number of allylic oxidation sites excluding steroid dienone is 1. The van der Waals surface area contributed by atoms with Crippen molar-refractivity contribution in [3.8, 4) is 11.5 Å². The Balaban J connectivity index is 3.02. The third kappa shape index (κ3) is 5.01. The molecule has 2 amide bonds. The molecule has 1 rings (SSSR count). The van der Waals surface area contributed by atoms with Gasteiger partial charge >= 0.3 is 0 Å². The second kappa shape index (κ2) is 9.60. The van der Waals surface area contributed by atoms with Gasteiger partial charge in [0.15, 0.2) is 11.5 Å². The molecule has 2 N–H and O–H groups in total. The molecule has 0 saturated heterocycles. The summed E-state index contributed by atoms with van der Waals surface area (Å²) in [6.45, 7) is 6.08. The van der Waals surface area contributed by atoms with Crippen LogP contribution in [0.1, 0.15) is 43.1 Å². The molecule has 0 bridgehead atoms. The molecule has 0 heterocycles. The molecule has 6 nitrogen and oxygen atoms in total. The highest BCUT2D eigenvalue weighted by molar-refractivity contribution is 5.98. The van der Waals surface area contributed by atoms with Gasteiger partial charge in [0, 0.05) is 17.7 Å². The number of hydrogen-bond acceptors (Lipinski definition) is 4. The first-order valence-corrected chi connectivity index (χ1v) is 7.95. The Morgan fingerprint density at radius 2 is 1.96 bits per heavy atom. The first-order valence-electron chi connectivity index (χ1n) is 7.95. The van der Waals surface area contributed by atoms with Crippen LogP contribution in [0.25, 0.3) is 6.08 Å². The van der Waals surface area contributed by atoms with Gasteiger partial charge in [-0.15, -0.1) is 0 Å². The van der Waals surface area contributed by atoms with Crippen molar-refractivity contribution in [1.29, 1.82) is 0 Å². The molecule has 0 spiro atoms. The number of benzene rings is 1. The lowest BCUT2D eigenvalue weighted by Crippen LogP contribution is -2.45. The van der Waals surface area contributed by atoms with Gasteiger partial charge in [-0.3, -0.25) is 9.59 Å². The molecular weight excluding hydrogens is 308 g/mol. The van der Waals surface area contributed by atoms with Crippen LogP contribution < -0.4 is 20.1 Å². The van der Waals surface area contributed by atoms with Crippen molar-refractivity contribution in [2.75, 3.05) is 20.8 Å². The first-order chi connectivity index (χ1) is 11.5. The average molecular weight is 334 g/mol. The van der Waals surface area contributed by atoms with E-state index in [1.165, 1.54) is 7.11 Å². The number of rotatable bonds is 8. The second-order valence-electron chi connectivity index (χ2n) is 5.29. The summed E-state index contributed by atoms with van der Waals surface area (Å²) in [4.78, 5) is 24.3. The third-order valence-corrected chi connectivity index (χ3v) is 3.41. The Morgan fingerprint density at radius 3 is 2.50 bits per heavy atom. The topological polar surface area (TPSA) is 76.7 Å². The van der Waals surface area contributed by atoms with Crippen LogP contribution >= 0.6 is 0 Å². The van der Waals surface area contributed by atoms with Crippen molar-refractivity contribution in [3.05, 3.63) is 29.3 Å². The first kappa shape index (κ1) is 19.5. The molecule has 0 aliphatic carbocycles. The molecule has 0 radical (unpaired) electrons. The van der Waals surface area contributed by atoms with E-state index < -0.39 is 6.04 Å². The van der Waals surface area contributed by atoms with Gasteiger partial charge in [-0.25, -0.2) is 0 Å². The Labute approximate surface area is 143 Å². The lowest BCUT2D eigenvalue weighted by molar-refractivity contribution is -0.122. The van der Waals surface area contributed by atoms with Crippen LogP contribution in [0.5, 0.6) is 11.5 Å². The second-order valence-corrected chi connectivity index (χ2v) is 5.29. The molecule has 1 unspecified atom stereocenters. The molecule has 0 fully saturated rings. The fraction of sp³-hybridized carbons (Fsp3) is 0.444. The monoisotopic (exact) mass is 334 g/mol. The van der Waals surface area contributed by atoms with Gasteiger partial charge < -0.3 is 20.1 Å². The van der Waals surface area contributed by atoms with Crippen molar-refractivity contribution in [2.45, 2.75) is 33.2 Å². The number of hydrogen-bond donors (Lipinski definition) is 2. The van der Waals surface area contributed by atoms with E-state index in [9.17, 15) is 9.59 Å². The summed E-state index contributed by atoms with van der Waals surface area (Å²) >= 11 is 0. The largest absolute Gasteiger partial charge is 0.493 e. The Hall–Kier alpha value is -2.50. The number of amides is 2.